The molecule has 6 heteroatoms. The van der Waals surface area contributed by atoms with E-state index in [1.54, 1.807) is 20.4 Å². The quantitative estimate of drug-likeness (QED) is 0.411. The highest BCUT2D eigenvalue weighted by atomic mass is 16.5. The Balaban J connectivity index is 2.34. The number of nitrogens with one attached hydrogen (secondary N) is 2. The number of guanidine groups is 1. The number of aliphatic imine (C=N–C) groups is 1. The number of rotatable bonds is 9. The fourth-order valence-electron chi connectivity index (χ4n) is 1.62. The average molecular weight is 294 g/mol. The molecule has 0 bridgehead atoms. The zero-order chi connectivity index (χ0) is 15.3. The minimum Gasteiger partial charge on any atom is -0.475 e. The van der Waals surface area contributed by atoms with Gasteiger partial charge in [0.05, 0.1) is 6.61 Å². The number of nitrogens with zero attached hydrogens (tertiary/aromatic N) is 2. The molecule has 6 nitrogen and oxygen atoms in total. The van der Waals surface area contributed by atoms with E-state index in [0.717, 1.165) is 24.5 Å². The topological polar surface area (TPSA) is 67.8 Å². The normalized spacial score (nSPS) is 11.3. The number of methoxy groups -OCH3 is 1. The van der Waals surface area contributed by atoms with Crippen LogP contribution >= 0.6 is 0 Å². The van der Waals surface area contributed by atoms with E-state index in [9.17, 15) is 0 Å². The number of hydrogen-bond acceptors (Lipinski definition) is 4. The van der Waals surface area contributed by atoms with Crippen LogP contribution in [-0.2, 0) is 11.3 Å². The van der Waals surface area contributed by atoms with Crippen LogP contribution in [0.25, 0.3) is 0 Å². The Morgan fingerprint density at radius 3 is 2.76 bits per heavy atom. The standard InChI is InChI=1S/C15H26N4O2/c1-4-5-8-17-15(16-2)19-12-13-6-7-14(18-11-13)21-10-9-20-3/h6-7,11H,4-5,8-10,12H2,1-3H3,(H2,16,17,19). The van der Waals surface area contributed by atoms with E-state index in [-0.39, 0.29) is 0 Å². The highest BCUT2D eigenvalue weighted by molar-refractivity contribution is 5.79. The second kappa shape index (κ2) is 10.9. The van der Waals surface area contributed by atoms with Crippen LogP contribution < -0.4 is 15.4 Å². The molecule has 0 fully saturated rings. The van der Waals surface area contributed by atoms with Crippen molar-refractivity contribution in [3.8, 4) is 5.88 Å². The second-order valence-electron chi connectivity index (χ2n) is 4.55. The summed E-state index contributed by atoms with van der Waals surface area (Å²) in [5.41, 5.74) is 1.08. The van der Waals surface area contributed by atoms with Gasteiger partial charge in [-0.05, 0) is 12.0 Å². The molecule has 0 unspecified atom stereocenters. The van der Waals surface area contributed by atoms with Gasteiger partial charge in [0.1, 0.15) is 6.61 Å². The maximum Gasteiger partial charge on any atom is 0.213 e. The molecule has 1 aromatic rings. The first-order chi connectivity index (χ1) is 10.3. The van der Waals surface area contributed by atoms with Gasteiger partial charge in [0.15, 0.2) is 5.96 Å². The summed E-state index contributed by atoms with van der Waals surface area (Å²) in [6.07, 6.45) is 4.10. The van der Waals surface area contributed by atoms with Gasteiger partial charge in [0.25, 0.3) is 0 Å². The number of ether oxygens (including phenoxy) is 2. The summed E-state index contributed by atoms with van der Waals surface area (Å²) in [6.45, 7) is 4.84. The highest BCUT2D eigenvalue weighted by Gasteiger charge is 2.00. The molecule has 0 aliphatic heterocycles. The van der Waals surface area contributed by atoms with Gasteiger partial charge in [-0.15, -0.1) is 0 Å². The zero-order valence-electron chi connectivity index (χ0n) is 13.2. The number of hydrogen-bond donors (Lipinski definition) is 2. The van der Waals surface area contributed by atoms with Gasteiger partial charge < -0.3 is 20.1 Å². The summed E-state index contributed by atoms with van der Waals surface area (Å²) >= 11 is 0. The Labute approximate surface area is 127 Å². The number of aromatic nitrogens is 1. The Bertz CT molecular complexity index is 407. The van der Waals surface area contributed by atoms with Crippen molar-refractivity contribution < 1.29 is 9.47 Å². The van der Waals surface area contributed by atoms with Crippen LogP contribution in [0.2, 0.25) is 0 Å². The zero-order valence-corrected chi connectivity index (χ0v) is 13.2. The summed E-state index contributed by atoms with van der Waals surface area (Å²) in [4.78, 5) is 8.43. The van der Waals surface area contributed by atoms with Crippen LogP contribution in [0.1, 0.15) is 25.3 Å². The third kappa shape index (κ3) is 7.51. The first-order valence-corrected chi connectivity index (χ1v) is 7.31. The van der Waals surface area contributed by atoms with Gasteiger partial charge in [-0.3, -0.25) is 4.99 Å². The molecule has 0 aromatic carbocycles. The van der Waals surface area contributed by atoms with Crippen molar-refractivity contribution >= 4 is 5.96 Å². The van der Waals surface area contributed by atoms with Gasteiger partial charge >= 0.3 is 0 Å². The van der Waals surface area contributed by atoms with Gasteiger partial charge in [-0.25, -0.2) is 4.98 Å². The molecule has 2 N–H and O–H groups in total. The molecule has 0 aliphatic rings. The first kappa shape index (κ1) is 17.2. The number of pyridine rings is 1. The Hall–Kier alpha value is -1.82. The van der Waals surface area contributed by atoms with E-state index < -0.39 is 0 Å². The Morgan fingerprint density at radius 1 is 1.29 bits per heavy atom. The largest absolute Gasteiger partial charge is 0.475 e. The van der Waals surface area contributed by atoms with Crippen molar-refractivity contribution in [2.24, 2.45) is 4.99 Å². The lowest BCUT2D eigenvalue weighted by Crippen LogP contribution is -2.37. The summed E-state index contributed by atoms with van der Waals surface area (Å²) in [6, 6.07) is 3.85. The van der Waals surface area contributed by atoms with Crippen molar-refractivity contribution in [3.05, 3.63) is 23.9 Å². The van der Waals surface area contributed by atoms with E-state index in [4.69, 9.17) is 9.47 Å². The van der Waals surface area contributed by atoms with E-state index in [2.05, 4.69) is 27.5 Å². The van der Waals surface area contributed by atoms with Crippen LogP contribution in [0.4, 0.5) is 0 Å². The van der Waals surface area contributed by atoms with Crippen LogP contribution in [0.15, 0.2) is 23.3 Å². The molecule has 0 radical (unpaired) electrons. The molecule has 0 saturated heterocycles. The van der Waals surface area contributed by atoms with E-state index >= 15 is 0 Å². The van der Waals surface area contributed by atoms with Crippen molar-refractivity contribution in [1.82, 2.24) is 15.6 Å². The maximum atomic E-state index is 5.42. The smallest absolute Gasteiger partial charge is 0.213 e. The molecule has 118 valence electrons. The summed E-state index contributed by atoms with van der Waals surface area (Å²) < 4.78 is 10.3. The van der Waals surface area contributed by atoms with Crippen LogP contribution in [0.5, 0.6) is 5.88 Å². The molecular weight excluding hydrogens is 268 g/mol. The monoisotopic (exact) mass is 294 g/mol. The van der Waals surface area contributed by atoms with Gasteiger partial charge in [-0.1, -0.05) is 19.4 Å². The molecule has 0 spiro atoms. The van der Waals surface area contributed by atoms with Gasteiger partial charge in [0.2, 0.25) is 5.88 Å². The van der Waals surface area contributed by atoms with Crippen molar-refractivity contribution in [3.63, 3.8) is 0 Å². The SMILES string of the molecule is CCCCNC(=NC)NCc1ccc(OCCOC)nc1. The second-order valence-corrected chi connectivity index (χ2v) is 4.55. The lowest BCUT2D eigenvalue weighted by atomic mass is 10.3. The summed E-state index contributed by atoms with van der Waals surface area (Å²) in [5.74, 6) is 1.42. The van der Waals surface area contributed by atoms with Crippen LogP contribution in [0.3, 0.4) is 0 Å². The van der Waals surface area contributed by atoms with E-state index in [1.165, 1.54) is 6.42 Å². The van der Waals surface area contributed by atoms with Crippen molar-refractivity contribution in [1.29, 1.82) is 0 Å². The maximum absolute atomic E-state index is 5.42. The third-order valence-electron chi connectivity index (χ3n) is 2.84. The lowest BCUT2D eigenvalue weighted by Gasteiger charge is -2.11. The first-order valence-electron chi connectivity index (χ1n) is 7.31. The predicted octanol–water partition coefficient (Wildman–Crippen LogP) is 1.57. The Morgan fingerprint density at radius 2 is 2.14 bits per heavy atom. The predicted molar refractivity (Wildman–Crippen MR) is 84.7 cm³/mol. The van der Waals surface area contributed by atoms with E-state index in [0.29, 0.717) is 25.6 Å². The molecule has 0 amide bonds. The summed E-state index contributed by atoms with van der Waals surface area (Å²) in [7, 11) is 3.42. The minimum atomic E-state index is 0.509. The Kier molecular flexibility index (Phi) is 8.95. The molecule has 0 saturated carbocycles. The molecular formula is C15H26N4O2. The fraction of sp³-hybridized carbons (Fsp3) is 0.600. The average Bonchev–Trinajstić information content (AvgIpc) is 2.52. The third-order valence-corrected chi connectivity index (χ3v) is 2.84. The molecule has 1 rings (SSSR count). The minimum absolute atomic E-state index is 0.509. The molecule has 21 heavy (non-hydrogen) atoms. The number of unbranched alkanes of at least 4 members (excludes halogenated alkanes) is 1. The molecule has 1 heterocycles. The van der Waals surface area contributed by atoms with Crippen LogP contribution in [-0.4, -0.2) is 44.9 Å². The molecule has 0 aliphatic carbocycles. The van der Waals surface area contributed by atoms with Crippen molar-refractivity contribution in [2.45, 2.75) is 26.3 Å². The fourth-order valence-corrected chi connectivity index (χ4v) is 1.62. The lowest BCUT2D eigenvalue weighted by molar-refractivity contribution is 0.143. The molecule has 0 atom stereocenters. The van der Waals surface area contributed by atoms with Gasteiger partial charge in [0, 0.05) is 39.5 Å². The van der Waals surface area contributed by atoms with E-state index in [1.807, 2.05) is 12.1 Å². The van der Waals surface area contributed by atoms with Gasteiger partial charge in [-0.2, -0.15) is 0 Å². The summed E-state index contributed by atoms with van der Waals surface area (Å²) in [5, 5.41) is 6.52. The van der Waals surface area contributed by atoms with Crippen LogP contribution in [0, 0.1) is 0 Å². The van der Waals surface area contributed by atoms with Crippen molar-refractivity contribution in [2.75, 3.05) is 33.9 Å². The molecule has 1 aromatic heterocycles. The highest BCUT2D eigenvalue weighted by Crippen LogP contribution is 2.07.